The molecule has 0 heterocycles. The summed E-state index contributed by atoms with van der Waals surface area (Å²) in [4.78, 5) is 9.98. The smallest absolute Gasteiger partial charge is 0.289 e. The lowest BCUT2D eigenvalue weighted by atomic mass is 10.2. The number of nitrogens with one attached hydrogen (secondary N) is 2. The maximum Gasteiger partial charge on any atom is 0.289 e. The number of hydrogen-bond donors (Lipinski definition) is 2. The van der Waals surface area contributed by atoms with Gasteiger partial charge in [-0.15, -0.1) is 0 Å². The van der Waals surface area contributed by atoms with Gasteiger partial charge >= 0.3 is 0 Å². The number of nitro groups is 1. The summed E-state index contributed by atoms with van der Waals surface area (Å²) in [6, 6.07) is 3.92. The van der Waals surface area contributed by atoms with E-state index in [-0.39, 0.29) is 17.4 Å². The first-order valence-electron chi connectivity index (χ1n) is 6.26. The molecule has 0 aliphatic rings. The van der Waals surface area contributed by atoms with Crippen LogP contribution in [0.5, 0.6) is 0 Å². The monoisotopic (exact) mass is 333 g/mol. The van der Waals surface area contributed by atoms with Crippen LogP contribution in [0, 0.1) is 16.0 Å². The predicted molar refractivity (Wildman–Crippen MR) is 85.4 cm³/mol. The number of sulfonamides is 1. The summed E-state index contributed by atoms with van der Waals surface area (Å²) in [5.74, 6) is 0.947. The quantitative estimate of drug-likeness (QED) is 0.557. The lowest BCUT2D eigenvalue weighted by Gasteiger charge is -2.12. The Hall–Kier alpha value is -1.32. The highest BCUT2D eigenvalue weighted by Gasteiger charge is 2.26. The van der Waals surface area contributed by atoms with E-state index in [0.29, 0.717) is 5.69 Å². The molecular formula is C12H19N3O4S2. The predicted octanol–water partition coefficient (Wildman–Crippen LogP) is 1.91. The average molecular weight is 333 g/mol. The van der Waals surface area contributed by atoms with E-state index in [1.807, 2.05) is 13.2 Å². The van der Waals surface area contributed by atoms with Crippen LogP contribution in [-0.2, 0) is 10.0 Å². The van der Waals surface area contributed by atoms with Crippen LogP contribution in [0.2, 0.25) is 0 Å². The van der Waals surface area contributed by atoms with Gasteiger partial charge in [-0.05, 0) is 30.1 Å². The number of rotatable bonds is 8. The largest absolute Gasteiger partial charge is 0.388 e. The second-order valence-corrected chi connectivity index (χ2v) is 7.25. The maximum atomic E-state index is 12.3. The first kappa shape index (κ1) is 17.7. The van der Waals surface area contributed by atoms with Gasteiger partial charge in [-0.2, -0.15) is 11.8 Å². The van der Waals surface area contributed by atoms with Gasteiger partial charge in [0.15, 0.2) is 4.90 Å². The van der Waals surface area contributed by atoms with E-state index in [4.69, 9.17) is 0 Å². The van der Waals surface area contributed by atoms with Gasteiger partial charge in [-0.1, -0.05) is 6.92 Å². The molecule has 21 heavy (non-hydrogen) atoms. The van der Waals surface area contributed by atoms with Gasteiger partial charge < -0.3 is 5.32 Å². The molecular weight excluding hydrogens is 314 g/mol. The van der Waals surface area contributed by atoms with Gasteiger partial charge in [0.1, 0.15) is 0 Å². The molecule has 2 N–H and O–H groups in total. The SMILES string of the molecule is CNc1ccc([N+](=O)[O-])c(S(=O)(=O)NCC(C)CSC)c1. The highest BCUT2D eigenvalue weighted by atomic mass is 32.2. The zero-order chi connectivity index (χ0) is 16.0. The molecule has 1 aromatic carbocycles. The molecule has 1 rings (SSSR count). The molecule has 0 aliphatic heterocycles. The molecule has 1 unspecified atom stereocenters. The van der Waals surface area contributed by atoms with Crippen molar-refractivity contribution in [2.45, 2.75) is 11.8 Å². The van der Waals surface area contributed by atoms with Gasteiger partial charge in [0.2, 0.25) is 10.0 Å². The normalized spacial score (nSPS) is 12.9. The van der Waals surface area contributed by atoms with Crippen molar-refractivity contribution in [1.82, 2.24) is 4.72 Å². The molecule has 0 amide bonds. The fraction of sp³-hybridized carbons (Fsp3) is 0.500. The van der Waals surface area contributed by atoms with Crippen LogP contribution in [-0.4, -0.2) is 38.9 Å². The Bertz CT molecular complexity index is 605. The summed E-state index contributed by atoms with van der Waals surface area (Å²) in [6.07, 6.45) is 1.94. The Balaban J connectivity index is 3.08. The van der Waals surface area contributed by atoms with E-state index in [1.165, 1.54) is 18.2 Å². The third-order valence-electron chi connectivity index (χ3n) is 2.81. The fourth-order valence-electron chi connectivity index (χ4n) is 1.71. The van der Waals surface area contributed by atoms with Crippen molar-refractivity contribution in [2.24, 2.45) is 5.92 Å². The van der Waals surface area contributed by atoms with Gasteiger partial charge in [0, 0.05) is 25.3 Å². The van der Waals surface area contributed by atoms with Gasteiger partial charge in [0.25, 0.3) is 5.69 Å². The number of thioether (sulfide) groups is 1. The lowest BCUT2D eigenvalue weighted by molar-refractivity contribution is -0.387. The van der Waals surface area contributed by atoms with E-state index < -0.39 is 20.6 Å². The summed E-state index contributed by atoms with van der Waals surface area (Å²) >= 11 is 1.62. The van der Waals surface area contributed by atoms with Crippen LogP contribution >= 0.6 is 11.8 Å². The molecule has 0 saturated carbocycles. The minimum atomic E-state index is -3.92. The molecule has 0 aliphatic carbocycles. The number of anilines is 1. The summed E-state index contributed by atoms with van der Waals surface area (Å²) in [5.41, 5.74) is 0.0668. The van der Waals surface area contributed by atoms with E-state index in [2.05, 4.69) is 10.0 Å². The fourth-order valence-corrected chi connectivity index (χ4v) is 3.76. The summed E-state index contributed by atoms with van der Waals surface area (Å²) < 4.78 is 27.0. The second kappa shape index (κ2) is 7.62. The molecule has 0 radical (unpaired) electrons. The number of nitro benzene ring substituents is 1. The van der Waals surface area contributed by atoms with Crippen molar-refractivity contribution in [2.75, 3.05) is 30.9 Å². The third-order valence-corrected chi connectivity index (χ3v) is 5.16. The van der Waals surface area contributed by atoms with E-state index >= 15 is 0 Å². The number of nitrogens with zero attached hydrogens (tertiary/aromatic N) is 1. The van der Waals surface area contributed by atoms with Crippen LogP contribution < -0.4 is 10.0 Å². The van der Waals surface area contributed by atoms with Crippen molar-refractivity contribution in [3.8, 4) is 0 Å². The second-order valence-electron chi connectivity index (χ2n) is 4.60. The van der Waals surface area contributed by atoms with E-state index in [9.17, 15) is 18.5 Å². The van der Waals surface area contributed by atoms with Crippen molar-refractivity contribution >= 4 is 33.2 Å². The Morgan fingerprint density at radius 1 is 1.43 bits per heavy atom. The molecule has 0 fully saturated rings. The highest BCUT2D eigenvalue weighted by Crippen LogP contribution is 2.26. The summed E-state index contributed by atoms with van der Waals surface area (Å²) in [6.45, 7) is 2.15. The number of hydrogen-bond acceptors (Lipinski definition) is 6. The molecule has 7 nitrogen and oxygen atoms in total. The molecule has 0 aromatic heterocycles. The van der Waals surface area contributed by atoms with Crippen LogP contribution in [0.3, 0.4) is 0 Å². The van der Waals surface area contributed by atoms with Crippen molar-refractivity contribution < 1.29 is 13.3 Å². The van der Waals surface area contributed by atoms with Gasteiger partial charge in [0.05, 0.1) is 4.92 Å². The van der Waals surface area contributed by atoms with E-state index in [0.717, 1.165) is 5.75 Å². The Morgan fingerprint density at radius 3 is 2.62 bits per heavy atom. The molecule has 0 saturated heterocycles. The van der Waals surface area contributed by atoms with Crippen LogP contribution in [0.4, 0.5) is 11.4 Å². The maximum absolute atomic E-state index is 12.3. The molecule has 1 atom stereocenters. The number of benzene rings is 1. The van der Waals surface area contributed by atoms with Crippen LogP contribution in [0.1, 0.15) is 6.92 Å². The van der Waals surface area contributed by atoms with E-state index in [1.54, 1.807) is 18.8 Å². The molecule has 118 valence electrons. The highest BCUT2D eigenvalue weighted by molar-refractivity contribution is 7.98. The topological polar surface area (TPSA) is 101 Å². The van der Waals surface area contributed by atoms with Crippen molar-refractivity contribution in [3.05, 3.63) is 28.3 Å². The Kier molecular flexibility index (Phi) is 6.43. The minimum Gasteiger partial charge on any atom is -0.388 e. The summed E-state index contributed by atoms with van der Waals surface area (Å²) in [7, 11) is -2.31. The van der Waals surface area contributed by atoms with Gasteiger partial charge in [-0.3, -0.25) is 10.1 Å². The Labute approximate surface area is 128 Å². The van der Waals surface area contributed by atoms with Crippen LogP contribution in [0.25, 0.3) is 0 Å². The zero-order valence-corrected chi connectivity index (χ0v) is 13.8. The molecule has 9 heteroatoms. The first-order valence-corrected chi connectivity index (χ1v) is 9.14. The third kappa shape index (κ3) is 4.87. The Morgan fingerprint density at radius 2 is 2.10 bits per heavy atom. The molecule has 0 spiro atoms. The van der Waals surface area contributed by atoms with Crippen molar-refractivity contribution in [1.29, 1.82) is 0 Å². The van der Waals surface area contributed by atoms with Crippen LogP contribution in [0.15, 0.2) is 23.1 Å². The molecule has 1 aromatic rings. The molecule has 0 bridgehead atoms. The zero-order valence-electron chi connectivity index (χ0n) is 12.1. The first-order chi connectivity index (χ1) is 9.81. The minimum absolute atomic E-state index is 0.140. The van der Waals surface area contributed by atoms with Crippen molar-refractivity contribution in [3.63, 3.8) is 0 Å². The average Bonchev–Trinajstić information content (AvgIpc) is 2.44. The summed E-state index contributed by atoms with van der Waals surface area (Å²) in [5, 5.41) is 13.8. The van der Waals surface area contributed by atoms with Gasteiger partial charge in [-0.25, -0.2) is 13.1 Å². The standard InChI is InChI=1S/C12H19N3O4S2/c1-9(8-20-3)7-14-21(18,19)12-6-10(13-2)4-5-11(12)15(16)17/h4-6,9,13-14H,7-8H2,1-3H3. The lowest BCUT2D eigenvalue weighted by Crippen LogP contribution is -2.29.